The molecule has 0 N–H and O–H groups in total. The quantitative estimate of drug-likeness (QED) is 0.261. The zero-order valence-electron chi connectivity index (χ0n) is 20.1. The van der Waals surface area contributed by atoms with Gasteiger partial charge in [-0.3, -0.25) is 4.40 Å². The van der Waals surface area contributed by atoms with Gasteiger partial charge in [-0.25, -0.2) is 0 Å². The summed E-state index contributed by atoms with van der Waals surface area (Å²) in [4.78, 5) is 4.86. The second kappa shape index (κ2) is 7.72. The third kappa shape index (κ3) is 3.11. The number of oxazole rings is 1. The maximum absolute atomic E-state index is 5.99. The molecular formula is C32H24N2O2. The Morgan fingerprint density at radius 2 is 1.42 bits per heavy atom. The van der Waals surface area contributed by atoms with Crippen molar-refractivity contribution in [3.63, 3.8) is 0 Å². The van der Waals surface area contributed by atoms with Crippen LogP contribution in [0.3, 0.4) is 0 Å². The monoisotopic (exact) mass is 468 g/mol. The van der Waals surface area contributed by atoms with Crippen molar-refractivity contribution >= 4 is 5.84 Å². The van der Waals surface area contributed by atoms with Crippen molar-refractivity contribution in [2.45, 2.75) is 19.3 Å². The van der Waals surface area contributed by atoms with Gasteiger partial charge >= 0.3 is 5.84 Å². The number of hydrogen-bond acceptors (Lipinski definition) is 3. The molecule has 0 saturated carbocycles. The highest BCUT2D eigenvalue weighted by Gasteiger charge is 2.35. The van der Waals surface area contributed by atoms with Crippen LogP contribution in [0.1, 0.15) is 25.0 Å². The van der Waals surface area contributed by atoms with Crippen LogP contribution in [0.25, 0.3) is 39.5 Å². The Morgan fingerprint density at radius 3 is 2.25 bits per heavy atom. The van der Waals surface area contributed by atoms with Crippen LogP contribution in [0.5, 0.6) is 11.5 Å². The molecule has 0 atom stereocenters. The third-order valence-corrected chi connectivity index (χ3v) is 7.23. The van der Waals surface area contributed by atoms with Crippen molar-refractivity contribution in [2.75, 3.05) is 0 Å². The molecule has 0 bridgehead atoms. The highest BCUT2D eigenvalue weighted by atomic mass is 16.5. The molecule has 0 aliphatic heterocycles. The minimum Gasteiger partial charge on any atom is -0.457 e. The smallest absolute Gasteiger partial charge is 0.306 e. The van der Waals surface area contributed by atoms with Gasteiger partial charge in [0.05, 0.1) is 5.69 Å². The predicted molar refractivity (Wildman–Crippen MR) is 142 cm³/mol. The molecule has 0 unspecified atom stereocenters. The Hall–Kier alpha value is -4.57. The van der Waals surface area contributed by atoms with Gasteiger partial charge in [-0.05, 0) is 64.7 Å². The molecule has 174 valence electrons. The van der Waals surface area contributed by atoms with Gasteiger partial charge in [-0.2, -0.15) is 4.98 Å². The number of benzene rings is 4. The molecule has 2 heterocycles. The maximum Gasteiger partial charge on any atom is 0.306 e. The molecule has 7 rings (SSSR count). The highest BCUT2D eigenvalue weighted by Crippen LogP contribution is 2.50. The molecule has 36 heavy (non-hydrogen) atoms. The van der Waals surface area contributed by atoms with Crippen LogP contribution in [0.4, 0.5) is 0 Å². The van der Waals surface area contributed by atoms with E-state index in [2.05, 4.69) is 68.4 Å². The van der Waals surface area contributed by atoms with E-state index in [0.717, 1.165) is 34.0 Å². The number of fused-ring (bicyclic) bond motifs is 4. The molecule has 4 heteroatoms. The van der Waals surface area contributed by atoms with Crippen LogP contribution in [0, 0.1) is 0 Å². The molecule has 4 nitrogen and oxygen atoms in total. The summed E-state index contributed by atoms with van der Waals surface area (Å²) in [6, 6.07) is 33.3. The Labute approximate surface area is 209 Å². The largest absolute Gasteiger partial charge is 0.457 e. The lowest BCUT2D eigenvalue weighted by atomic mass is 9.82. The van der Waals surface area contributed by atoms with E-state index in [4.69, 9.17) is 14.1 Å². The average Bonchev–Trinajstić information content (AvgIpc) is 3.56. The summed E-state index contributed by atoms with van der Waals surface area (Å²) < 4.78 is 13.7. The predicted octanol–water partition coefficient (Wildman–Crippen LogP) is 8.36. The van der Waals surface area contributed by atoms with Crippen LogP contribution in [0.2, 0.25) is 0 Å². The minimum absolute atomic E-state index is 0.0707. The van der Waals surface area contributed by atoms with E-state index in [9.17, 15) is 0 Å². The SMILES string of the molecule is CC1(C)c2ccccc2-c2ccc(-c3c(-c4ccc(Oc5ccccc5)cc4)nc4occn34)cc21. The van der Waals surface area contributed by atoms with Crippen molar-refractivity contribution in [3.8, 4) is 45.1 Å². The van der Waals surface area contributed by atoms with Crippen molar-refractivity contribution in [2.24, 2.45) is 0 Å². The number of nitrogens with zero attached hydrogens (tertiary/aromatic N) is 2. The Balaban J connectivity index is 1.33. The number of imidazole rings is 1. The van der Waals surface area contributed by atoms with Crippen molar-refractivity contribution in [1.29, 1.82) is 0 Å². The summed E-state index contributed by atoms with van der Waals surface area (Å²) in [6.07, 6.45) is 3.61. The first-order chi connectivity index (χ1) is 17.6. The van der Waals surface area contributed by atoms with Crippen LogP contribution in [-0.4, -0.2) is 9.38 Å². The molecule has 0 spiro atoms. The number of ether oxygens (including phenoxy) is 1. The Morgan fingerprint density at radius 1 is 0.722 bits per heavy atom. The molecule has 0 amide bonds. The summed E-state index contributed by atoms with van der Waals surface area (Å²) in [5, 5.41) is 0. The van der Waals surface area contributed by atoms with E-state index in [1.165, 1.54) is 22.3 Å². The van der Waals surface area contributed by atoms with E-state index < -0.39 is 0 Å². The normalized spacial score (nSPS) is 13.5. The first kappa shape index (κ1) is 20.8. The lowest BCUT2D eigenvalue weighted by Crippen LogP contribution is -2.14. The molecule has 1 aliphatic carbocycles. The van der Waals surface area contributed by atoms with E-state index in [0.29, 0.717) is 5.84 Å². The molecule has 4 aromatic carbocycles. The van der Waals surface area contributed by atoms with Crippen LogP contribution in [-0.2, 0) is 5.41 Å². The van der Waals surface area contributed by atoms with Crippen molar-refractivity contribution in [3.05, 3.63) is 121 Å². The lowest BCUT2D eigenvalue weighted by molar-refractivity contribution is 0.483. The summed E-state index contributed by atoms with van der Waals surface area (Å²) in [5.74, 6) is 2.17. The molecule has 0 fully saturated rings. The topological polar surface area (TPSA) is 39.7 Å². The standard InChI is InChI=1S/C32H24N2O2/c1-32(2)27-11-7-6-10-25(27)26-17-14-22(20-28(26)32)30-29(33-31-34(30)18-19-35-31)21-12-15-24(16-13-21)36-23-8-4-3-5-9-23/h3-20H,1-2H3. The first-order valence-corrected chi connectivity index (χ1v) is 12.1. The van der Waals surface area contributed by atoms with E-state index >= 15 is 0 Å². The highest BCUT2D eigenvalue weighted by molar-refractivity contribution is 5.87. The van der Waals surface area contributed by atoms with Gasteiger partial charge in [0.1, 0.15) is 23.5 Å². The molecule has 0 radical (unpaired) electrons. The Kier molecular flexibility index (Phi) is 4.45. The van der Waals surface area contributed by atoms with Gasteiger partial charge in [-0.15, -0.1) is 0 Å². The van der Waals surface area contributed by atoms with Crippen LogP contribution < -0.4 is 4.74 Å². The number of aromatic nitrogens is 2. The van der Waals surface area contributed by atoms with Crippen molar-refractivity contribution in [1.82, 2.24) is 9.38 Å². The van der Waals surface area contributed by atoms with Gasteiger partial charge in [0.25, 0.3) is 0 Å². The van der Waals surface area contributed by atoms with Gasteiger partial charge in [0.2, 0.25) is 0 Å². The fourth-order valence-corrected chi connectivity index (χ4v) is 5.42. The van der Waals surface area contributed by atoms with Gasteiger partial charge in [0, 0.05) is 22.7 Å². The maximum atomic E-state index is 5.99. The second-order valence-corrected chi connectivity index (χ2v) is 9.74. The summed E-state index contributed by atoms with van der Waals surface area (Å²) >= 11 is 0. The third-order valence-electron chi connectivity index (χ3n) is 7.23. The number of rotatable bonds is 4. The average molecular weight is 469 g/mol. The zero-order valence-corrected chi connectivity index (χ0v) is 20.1. The van der Waals surface area contributed by atoms with Gasteiger partial charge in [0.15, 0.2) is 0 Å². The molecule has 6 aromatic rings. The Bertz CT molecular complexity index is 1720. The van der Waals surface area contributed by atoms with Crippen molar-refractivity contribution < 1.29 is 9.15 Å². The minimum atomic E-state index is -0.0707. The van der Waals surface area contributed by atoms with Crippen LogP contribution >= 0.6 is 0 Å². The molecule has 1 aliphatic rings. The summed E-state index contributed by atoms with van der Waals surface area (Å²) in [5.41, 5.74) is 9.27. The van der Waals surface area contributed by atoms with Crippen LogP contribution in [0.15, 0.2) is 114 Å². The van der Waals surface area contributed by atoms with E-state index in [-0.39, 0.29) is 5.41 Å². The summed E-state index contributed by atoms with van der Waals surface area (Å²) in [7, 11) is 0. The molecule has 2 aromatic heterocycles. The summed E-state index contributed by atoms with van der Waals surface area (Å²) in [6.45, 7) is 4.61. The number of para-hydroxylation sites is 1. The van der Waals surface area contributed by atoms with E-state index in [1.54, 1.807) is 6.26 Å². The first-order valence-electron chi connectivity index (χ1n) is 12.1. The second-order valence-electron chi connectivity index (χ2n) is 9.74. The fraction of sp³-hybridized carbons (Fsp3) is 0.0938. The molecular weight excluding hydrogens is 444 g/mol. The van der Waals surface area contributed by atoms with Gasteiger partial charge in [-0.1, -0.05) is 68.4 Å². The lowest BCUT2D eigenvalue weighted by Gasteiger charge is -2.22. The zero-order chi connectivity index (χ0) is 24.3. The molecule has 0 saturated heterocycles. The van der Waals surface area contributed by atoms with E-state index in [1.807, 2.05) is 53.1 Å². The fourth-order valence-electron chi connectivity index (χ4n) is 5.42. The van der Waals surface area contributed by atoms with Gasteiger partial charge < -0.3 is 9.15 Å². The number of hydrogen-bond donors (Lipinski definition) is 0.